The third-order valence-electron chi connectivity index (χ3n) is 17.2. The summed E-state index contributed by atoms with van der Waals surface area (Å²) in [5.74, 6) is -1.59. The average Bonchev–Trinajstić information content (AvgIpc) is 3.90. The zero-order valence-corrected chi connectivity index (χ0v) is 33.8. The van der Waals surface area contributed by atoms with Crippen LogP contribution in [-0.2, 0) is 14.2 Å². The first-order valence-corrected chi connectivity index (χ1v) is 22.1. The van der Waals surface area contributed by atoms with Crippen LogP contribution in [0.4, 0.5) is 0 Å². The number of carbonyl (C=O) groups excluding carboxylic acids is 1. The lowest BCUT2D eigenvalue weighted by atomic mass is 9.47. The van der Waals surface area contributed by atoms with Crippen molar-refractivity contribution in [1.82, 2.24) is 0 Å². The van der Waals surface area contributed by atoms with E-state index >= 15 is 0 Å². The van der Waals surface area contributed by atoms with E-state index in [1.54, 1.807) is 0 Å². The Morgan fingerprint density at radius 1 is 0.915 bits per heavy atom. The van der Waals surface area contributed by atoms with Gasteiger partial charge in [-0.2, -0.15) is 0 Å². The number of phenolic OH excluding ortho intramolecular Hbond substituents is 2. The summed E-state index contributed by atoms with van der Waals surface area (Å²) in [5.41, 5.74) is 2.74. The quantitative estimate of drug-likeness (QED) is 0.151. The summed E-state index contributed by atoms with van der Waals surface area (Å²) in [4.78, 5) is 25.0. The van der Waals surface area contributed by atoms with E-state index in [1.807, 2.05) is 0 Å². The van der Waals surface area contributed by atoms with Crippen molar-refractivity contribution in [2.24, 2.45) is 40.4 Å². The molecule has 9 aliphatic rings. The molecule has 59 heavy (non-hydrogen) atoms. The Labute approximate surface area is 343 Å². The van der Waals surface area contributed by atoms with Crippen LogP contribution in [-0.4, -0.2) is 98.0 Å². The predicted octanol–water partition coefficient (Wildman–Crippen LogP) is 6.24. The summed E-state index contributed by atoms with van der Waals surface area (Å²) in [6.45, 7) is 4.17. The number of fused-ring (bicyclic) bond motifs is 5. The molecule has 4 saturated carbocycles. The number of Topliss-reactive ketones (excluding diaryl/α,β-unsaturated/α-hetero) is 1. The van der Waals surface area contributed by atoms with Crippen molar-refractivity contribution in [3.8, 4) is 17.2 Å². The average molecular weight is 813 g/mol. The van der Waals surface area contributed by atoms with Crippen LogP contribution >= 0.6 is 0 Å². The van der Waals surface area contributed by atoms with Crippen molar-refractivity contribution < 1.29 is 59.2 Å². The molecule has 316 valence electrons. The van der Waals surface area contributed by atoms with Crippen LogP contribution < -0.4 is 4.74 Å². The minimum absolute atomic E-state index is 0.0166. The van der Waals surface area contributed by atoms with Crippen molar-refractivity contribution in [2.45, 2.75) is 140 Å². The molecule has 7 fully saturated rings. The van der Waals surface area contributed by atoms with Gasteiger partial charge in [-0.1, -0.05) is 18.9 Å². The number of allylic oxidation sites excluding steroid dienone is 2. The van der Waals surface area contributed by atoms with Crippen LogP contribution in [0.3, 0.4) is 0 Å². The van der Waals surface area contributed by atoms with Gasteiger partial charge in [-0.05, 0) is 148 Å². The van der Waals surface area contributed by atoms with Gasteiger partial charge in [-0.3, -0.25) is 4.79 Å². The van der Waals surface area contributed by atoms with E-state index in [0.717, 1.165) is 25.5 Å². The third-order valence-corrected chi connectivity index (χ3v) is 17.2. The van der Waals surface area contributed by atoms with E-state index in [-0.39, 0.29) is 44.5 Å². The van der Waals surface area contributed by atoms with Crippen LogP contribution in [0.15, 0.2) is 34.9 Å². The Morgan fingerprint density at radius 3 is 2.46 bits per heavy atom. The van der Waals surface area contributed by atoms with Gasteiger partial charge in [0.05, 0.1) is 35.3 Å². The lowest BCUT2D eigenvalue weighted by molar-refractivity contribution is -0.336. The second-order valence-electron chi connectivity index (χ2n) is 20.2. The van der Waals surface area contributed by atoms with E-state index in [4.69, 9.17) is 18.9 Å². The third kappa shape index (κ3) is 5.41. The van der Waals surface area contributed by atoms with Gasteiger partial charge in [0, 0.05) is 23.5 Å². The Balaban J connectivity index is 0.988. The highest BCUT2D eigenvalue weighted by molar-refractivity contribution is 6.11. The fourth-order valence-corrected chi connectivity index (χ4v) is 15.0. The van der Waals surface area contributed by atoms with E-state index in [9.17, 15) is 40.2 Å². The van der Waals surface area contributed by atoms with Gasteiger partial charge in [0.2, 0.25) is 6.29 Å². The highest BCUT2D eigenvalue weighted by Gasteiger charge is 2.67. The molecule has 3 spiro atoms. The molecule has 2 aromatic carbocycles. The minimum atomic E-state index is -1.74. The number of benzene rings is 2. The van der Waals surface area contributed by atoms with Gasteiger partial charge in [0.15, 0.2) is 5.78 Å². The number of hydrogen-bond donors (Lipinski definition) is 6. The van der Waals surface area contributed by atoms with Crippen LogP contribution in [0.1, 0.15) is 117 Å². The zero-order valence-electron chi connectivity index (χ0n) is 33.8. The molecule has 4 aliphatic heterocycles. The molecule has 3 saturated heterocycles. The summed E-state index contributed by atoms with van der Waals surface area (Å²) in [7, 11) is 0. The number of ether oxygens (including phenoxy) is 4. The number of phenols is 2. The molecule has 2 aromatic rings. The molecule has 6 N–H and O–H groups in total. The monoisotopic (exact) mass is 812 g/mol. The fraction of sp³-hybridized carbons (Fsp3) is 0.660. The summed E-state index contributed by atoms with van der Waals surface area (Å²) < 4.78 is 26.6. The highest BCUT2D eigenvalue weighted by atomic mass is 16.7. The van der Waals surface area contributed by atoms with Crippen molar-refractivity contribution in [1.29, 1.82) is 0 Å². The predicted molar refractivity (Wildman–Crippen MR) is 212 cm³/mol. The molecule has 0 aromatic heterocycles. The van der Waals surface area contributed by atoms with Crippen LogP contribution in [0.2, 0.25) is 0 Å². The van der Waals surface area contributed by atoms with Gasteiger partial charge < -0.3 is 49.6 Å². The Bertz CT molecular complexity index is 2220. The summed E-state index contributed by atoms with van der Waals surface area (Å²) >= 11 is 0. The normalized spacial score (nSPS) is 41.6. The van der Waals surface area contributed by atoms with Gasteiger partial charge in [0.1, 0.15) is 41.2 Å². The van der Waals surface area contributed by atoms with Crippen molar-refractivity contribution in [3.63, 3.8) is 0 Å². The van der Waals surface area contributed by atoms with Crippen LogP contribution in [0.25, 0.3) is 10.8 Å². The van der Waals surface area contributed by atoms with Crippen LogP contribution in [0, 0.1) is 47.3 Å². The number of carbonyl (C=O) groups is 2. The first-order chi connectivity index (χ1) is 28.2. The largest absolute Gasteiger partial charge is 0.507 e. The lowest BCUT2D eigenvalue weighted by Gasteiger charge is -2.60. The molecular formula is C47H56O12. The second kappa shape index (κ2) is 13.2. The maximum atomic E-state index is 12.7. The fourth-order valence-electron chi connectivity index (χ4n) is 15.0. The number of hydrogen-bond acceptors (Lipinski definition) is 11. The van der Waals surface area contributed by atoms with Gasteiger partial charge >= 0.3 is 5.97 Å². The molecule has 12 nitrogen and oxygen atoms in total. The number of ketones is 1. The first kappa shape index (κ1) is 38.4. The minimum Gasteiger partial charge on any atom is -0.507 e. The number of rotatable bonds is 4. The molecule has 2 bridgehead atoms. The summed E-state index contributed by atoms with van der Waals surface area (Å²) in [5, 5.41) is 69.3. The molecule has 4 heterocycles. The number of carboxylic acid groups (broad SMARTS) is 1. The van der Waals surface area contributed by atoms with Crippen molar-refractivity contribution >= 4 is 22.5 Å². The number of aromatic hydroxyl groups is 2. The Morgan fingerprint density at radius 2 is 1.69 bits per heavy atom. The molecule has 13 atom stereocenters. The van der Waals surface area contributed by atoms with Gasteiger partial charge in [0.25, 0.3) is 0 Å². The molecule has 5 aliphatic carbocycles. The highest BCUT2D eigenvalue weighted by Crippen LogP contribution is 2.70. The molecule has 13 unspecified atom stereocenters. The van der Waals surface area contributed by atoms with E-state index in [0.29, 0.717) is 55.0 Å². The van der Waals surface area contributed by atoms with Gasteiger partial charge in [-0.15, -0.1) is 0 Å². The molecule has 0 radical (unpaired) electrons. The SMILES string of the molecule is CC(=O)c1c(C)c(O)c2cc(C(=O)O)cc(OC3OC4C(O)CCC5OC4(CC4C6=C5CC=C6C5COCC6CC7(CCC8(CCCC8)C7)CC4C65)C(O)C3O)c2c1O. The van der Waals surface area contributed by atoms with Crippen molar-refractivity contribution in [3.05, 3.63) is 51.6 Å². The molecule has 12 heteroatoms. The number of aliphatic hydroxyl groups excluding tert-OH is 3. The Kier molecular flexibility index (Phi) is 8.62. The maximum absolute atomic E-state index is 12.7. The maximum Gasteiger partial charge on any atom is 0.335 e. The lowest BCUT2D eigenvalue weighted by Crippen LogP contribution is -2.71. The molecule has 11 rings (SSSR count). The molecule has 0 amide bonds. The number of carboxylic acids is 1. The number of aliphatic hydroxyl groups is 3. The summed E-state index contributed by atoms with van der Waals surface area (Å²) in [6, 6.07) is 2.30. The standard InChI is InChI=1S/C47H56O12/c1-21-34(22(2)48)39(51)37-27(38(21)50)13-23(43(54)55)14-33(37)57-44-40(52)41(53)47-17-29-28-16-46(12-11-45(20-46)9-3-4-10-45)15-24-18-56-19-30(35(24)28)25-5-6-26(36(25)29)32(59-47)8-7-31(49)42(47)58-44/h5,13-14,24,28-32,35,40-42,44,49-53H,3-4,6-12,15-20H2,1-2H3,(H,54,55). The van der Waals surface area contributed by atoms with E-state index in [2.05, 4.69) is 6.08 Å². The van der Waals surface area contributed by atoms with E-state index < -0.39 is 65.7 Å². The topological polar surface area (TPSA) is 192 Å². The van der Waals surface area contributed by atoms with Crippen LogP contribution in [0.5, 0.6) is 17.2 Å². The zero-order chi connectivity index (χ0) is 40.9. The number of aromatic carboxylic acids is 1. The van der Waals surface area contributed by atoms with Gasteiger partial charge in [-0.25, -0.2) is 4.79 Å². The first-order valence-electron chi connectivity index (χ1n) is 22.1. The van der Waals surface area contributed by atoms with Crippen molar-refractivity contribution in [2.75, 3.05) is 13.2 Å². The second-order valence-corrected chi connectivity index (χ2v) is 20.2. The smallest absolute Gasteiger partial charge is 0.335 e. The molecular weight excluding hydrogens is 757 g/mol. The Hall–Kier alpha value is -3.52. The van der Waals surface area contributed by atoms with E-state index in [1.165, 1.54) is 88.0 Å². The summed E-state index contributed by atoms with van der Waals surface area (Å²) in [6.07, 6.45) is 8.12.